The highest BCUT2D eigenvalue weighted by atomic mass is 16.6. The summed E-state index contributed by atoms with van der Waals surface area (Å²) < 4.78 is 5.57. The number of carbonyl (C=O) groups is 3. The molecule has 1 saturated heterocycles. The van der Waals surface area contributed by atoms with Gasteiger partial charge >= 0.3 is 6.09 Å². The summed E-state index contributed by atoms with van der Waals surface area (Å²) in [6, 6.07) is 17.2. The highest BCUT2D eigenvalue weighted by Gasteiger charge is 2.56. The van der Waals surface area contributed by atoms with E-state index in [1.807, 2.05) is 68.4 Å². The van der Waals surface area contributed by atoms with Crippen molar-refractivity contribution in [2.75, 3.05) is 18.4 Å². The minimum atomic E-state index is -0.994. The number of benzene rings is 2. The van der Waals surface area contributed by atoms with Gasteiger partial charge in [-0.3, -0.25) is 14.5 Å². The number of nitrogens with one attached hydrogen (secondary N) is 1. The standard InChI is InChI=1S/C29H32N4O4/c1-4-14-32(28(36)37-18-21-10-6-5-7-11-21)25(15-20(2)3)26(34)33-19-29(16-22(33)17-30)23-12-8-9-13-24(23)31-27(29)35/h4-13,20,22,25H,1,14-16,18-19H2,2-3H3,(H,31,35)/t22-,25?,29?/m0/s1. The summed E-state index contributed by atoms with van der Waals surface area (Å²) in [6.07, 6.45) is 1.50. The Morgan fingerprint density at radius 3 is 2.62 bits per heavy atom. The first kappa shape index (κ1) is 26.0. The Morgan fingerprint density at radius 1 is 1.24 bits per heavy atom. The fourth-order valence-electron chi connectivity index (χ4n) is 5.26. The summed E-state index contributed by atoms with van der Waals surface area (Å²) in [5.41, 5.74) is 1.33. The van der Waals surface area contributed by atoms with Crippen LogP contribution in [0.4, 0.5) is 10.5 Å². The number of nitriles is 1. The number of hydrogen-bond donors (Lipinski definition) is 1. The summed E-state index contributed by atoms with van der Waals surface area (Å²) in [7, 11) is 0. The van der Waals surface area contributed by atoms with Crippen LogP contribution in [-0.4, -0.2) is 52.9 Å². The Morgan fingerprint density at radius 2 is 1.95 bits per heavy atom. The third-order valence-corrected chi connectivity index (χ3v) is 7.04. The molecule has 3 atom stereocenters. The molecule has 0 aliphatic carbocycles. The van der Waals surface area contributed by atoms with Crippen molar-refractivity contribution >= 4 is 23.6 Å². The van der Waals surface area contributed by atoms with Crippen LogP contribution >= 0.6 is 0 Å². The first-order valence-electron chi connectivity index (χ1n) is 12.5. The van der Waals surface area contributed by atoms with Gasteiger partial charge in [-0.15, -0.1) is 6.58 Å². The molecule has 0 radical (unpaired) electrons. The van der Waals surface area contributed by atoms with Crippen molar-refractivity contribution in [2.45, 2.75) is 50.8 Å². The second-order valence-electron chi connectivity index (χ2n) is 10.0. The van der Waals surface area contributed by atoms with E-state index in [9.17, 15) is 19.6 Å². The maximum atomic E-state index is 14.1. The number of amides is 3. The van der Waals surface area contributed by atoms with Crippen LogP contribution in [0.3, 0.4) is 0 Å². The SMILES string of the molecule is C=CCN(C(=O)OCc1ccccc1)C(CC(C)C)C(=O)N1CC2(C[C@H]1C#N)C(=O)Nc1ccccc12. The van der Waals surface area contributed by atoms with E-state index in [1.54, 1.807) is 6.08 Å². The molecule has 8 heteroatoms. The molecule has 1 fully saturated rings. The fraction of sp³-hybridized carbons (Fsp3) is 0.379. The molecule has 3 amide bonds. The van der Waals surface area contributed by atoms with Gasteiger partial charge in [0.05, 0.1) is 11.5 Å². The van der Waals surface area contributed by atoms with Crippen molar-refractivity contribution in [3.63, 3.8) is 0 Å². The first-order chi connectivity index (χ1) is 17.8. The largest absolute Gasteiger partial charge is 0.445 e. The van der Waals surface area contributed by atoms with E-state index in [2.05, 4.69) is 18.0 Å². The van der Waals surface area contributed by atoms with E-state index in [4.69, 9.17) is 4.74 Å². The van der Waals surface area contributed by atoms with E-state index in [0.717, 1.165) is 11.1 Å². The van der Waals surface area contributed by atoms with Gasteiger partial charge in [0.15, 0.2) is 0 Å². The van der Waals surface area contributed by atoms with Crippen LogP contribution in [0, 0.1) is 17.2 Å². The average Bonchev–Trinajstić information content (AvgIpc) is 3.42. The molecule has 1 N–H and O–H groups in total. The fourth-order valence-corrected chi connectivity index (χ4v) is 5.26. The molecular formula is C29H32N4O4. The van der Waals surface area contributed by atoms with Crippen LogP contribution < -0.4 is 5.32 Å². The Balaban J connectivity index is 1.61. The quantitative estimate of drug-likeness (QED) is 0.546. The Labute approximate surface area is 217 Å². The van der Waals surface area contributed by atoms with Crippen LogP contribution in [0.5, 0.6) is 0 Å². The van der Waals surface area contributed by atoms with Crippen LogP contribution in [-0.2, 0) is 26.3 Å². The van der Waals surface area contributed by atoms with Gasteiger partial charge in [0, 0.05) is 25.2 Å². The smallest absolute Gasteiger partial charge is 0.411 e. The number of anilines is 1. The van der Waals surface area contributed by atoms with Gasteiger partial charge in [-0.1, -0.05) is 68.5 Å². The second-order valence-corrected chi connectivity index (χ2v) is 10.0. The summed E-state index contributed by atoms with van der Waals surface area (Å²) in [5, 5.41) is 12.9. The van der Waals surface area contributed by atoms with Crippen molar-refractivity contribution < 1.29 is 19.1 Å². The number of nitrogens with zero attached hydrogens (tertiary/aromatic N) is 3. The van der Waals surface area contributed by atoms with Crippen molar-refractivity contribution in [3.05, 3.63) is 78.4 Å². The van der Waals surface area contributed by atoms with Crippen molar-refractivity contribution in [1.29, 1.82) is 5.26 Å². The lowest BCUT2D eigenvalue weighted by Gasteiger charge is -2.34. The number of hydrogen-bond acceptors (Lipinski definition) is 5. The van der Waals surface area contributed by atoms with E-state index in [1.165, 1.54) is 9.80 Å². The number of para-hydroxylation sites is 1. The van der Waals surface area contributed by atoms with Crippen molar-refractivity contribution in [2.24, 2.45) is 5.92 Å². The molecule has 2 aliphatic heterocycles. The molecule has 192 valence electrons. The lowest BCUT2D eigenvalue weighted by molar-refractivity contribution is -0.137. The zero-order valence-corrected chi connectivity index (χ0v) is 21.2. The van der Waals surface area contributed by atoms with Gasteiger partial charge in [-0.05, 0) is 29.5 Å². The Kier molecular flexibility index (Phi) is 7.63. The topological polar surface area (TPSA) is 103 Å². The monoisotopic (exact) mass is 500 g/mol. The summed E-state index contributed by atoms with van der Waals surface area (Å²) in [5.74, 6) is -0.501. The molecule has 2 unspecified atom stereocenters. The summed E-state index contributed by atoms with van der Waals surface area (Å²) >= 11 is 0. The van der Waals surface area contributed by atoms with Gasteiger partial charge < -0.3 is 15.0 Å². The van der Waals surface area contributed by atoms with Gasteiger partial charge in [-0.25, -0.2) is 4.79 Å². The third-order valence-electron chi connectivity index (χ3n) is 7.04. The predicted octanol–water partition coefficient (Wildman–Crippen LogP) is 4.24. The maximum absolute atomic E-state index is 14.1. The van der Waals surface area contributed by atoms with E-state index < -0.39 is 23.6 Å². The van der Waals surface area contributed by atoms with E-state index >= 15 is 0 Å². The normalized spacial score (nSPS) is 20.8. The van der Waals surface area contributed by atoms with E-state index in [0.29, 0.717) is 12.1 Å². The molecular weight excluding hydrogens is 468 g/mol. The number of rotatable bonds is 8. The minimum Gasteiger partial charge on any atom is -0.445 e. The lowest BCUT2D eigenvalue weighted by Crippen LogP contribution is -2.53. The van der Waals surface area contributed by atoms with Gasteiger partial charge in [-0.2, -0.15) is 5.26 Å². The molecule has 2 aromatic carbocycles. The van der Waals surface area contributed by atoms with Crippen molar-refractivity contribution in [3.8, 4) is 6.07 Å². The number of carbonyl (C=O) groups excluding carboxylic acids is 3. The highest BCUT2D eigenvalue weighted by Crippen LogP contribution is 2.46. The second kappa shape index (κ2) is 10.9. The van der Waals surface area contributed by atoms with E-state index in [-0.39, 0.29) is 43.8 Å². The Hall–Kier alpha value is -4.12. The number of likely N-dealkylation sites (tertiary alicyclic amines) is 1. The molecule has 2 aliphatic rings. The van der Waals surface area contributed by atoms with Crippen LogP contribution in [0.15, 0.2) is 67.3 Å². The molecule has 0 saturated carbocycles. The molecule has 2 heterocycles. The highest BCUT2D eigenvalue weighted by molar-refractivity contribution is 6.07. The third kappa shape index (κ3) is 5.08. The van der Waals surface area contributed by atoms with Crippen LogP contribution in [0.25, 0.3) is 0 Å². The zero-order valence-electron chi connectivity index (χ0n) is 21.2. The molecule has 4 rings (SSSR count). The first-order valence-corrected chi connectivity index (χ1v) is 12.5. The van der Waals surface area contributed by atoms with Crippen molar-refractivity contribution in [1.82, 2.24) is 9.80 Å². The Bertz CT molecular complexity index is 1220. The van der Waals surface area contributed by atoms with Gasteiger partial charge in [0.25, 0.3) is 0 Å². The molecule has 0 aromatic heterocycles. The molecule has 1 spiro atoms. The molecule has 37 heavy (non-hydrogen) atoms. The summed E-state index contributed by atoms with van der Waals surface area (Å²) in [4.78, 5) is 43.3. The molecule has 8 nitrogen and oxygen atoms in total. The van der Waals surface area contributed by atoms with Gasteiger partial charge in [0.1, 0.15) is 18.7 Å². The minimum absolute atomic E-state index is 0.0699. The average molecular weight is 501 g/mol. The van der Waals surface area contributed by atoms with Gasteiger partial charge in [0.2, 0.25) is 11.8 Å². The number of ether oxygens (including phenoxy) is 1. The van der Waals surface area contributed by atoms with Crippen LogP contribution in [0.1, 0.15) is 37.8 Å². The molecule has 0 bridgehead atoms. The van der Waals surface area contributed by atoms with Crippen LogP contribution in [0.2, 0.25) is 0 Å². The molecule has 2 aromatic rings. The lowest BCUT2D eigenvalue weighted by atomic mass is 9.80. The predicted molar refractivity (Wildman–Crippen MR) is 139 cm³/mol. The summed E-state index contributed by atoms with van der Waals surface area (Å²) in [6.45, 7) is 7.95. The zero-order chi connectivity index (χ0) is 26.6. The maximum Gasteiger partial charge on any atom is 0.411 e. The number of fused-ring (bicyclic) bond motifs is 2.